The van der Waals surface area contributed by atoms with Crippen LogP contribution >= 0.6 is 35.1 Å². The zero-order valence-corrected chi connectivity index (χ0v) is 19.1. The second-order valence-corrected chi connectivity index (χ2v) is 9.31. The normalized spacial score (nSPS) is 11.2. The van der Waals surface area contributed by atoms with Gasteiger partial charge in [-0.2, -0.15) is 9.47 Å². The van der Waals surface area contributed by atoms with Crippen LogP contribution in [0.1, 0.15) is 22.1 Å². The van der Waals surface area contributed by atoms with Gasteiger partial charge < -0.3 is 0 Å². The molecule has 11 nitrogen and oxygen atoms in total. The van der Waals surface area contributed by atoms with E-state index in [2.05, 4.69) is 45.0 Å². The van der Waals surface area contributed by atoms with Crippen LogP contribution in [0.2, 0.25) is 0 Å². The van der Waals surface area contributed by atoms with Crippen molar-refractivity contribution in [2.75, 3.05) is 5.32 Å². The quantitative estimate of drug-likeness (QED) is 0.370. The summed E-state index contributed by atoms with van der Waals surface area (Å²) in [7, 11) is 0. The van der Waals surface area contributed by atoms with E-state index in [0.29, 0.717) is 26.0 Å². The molecule has 0 bridgehead atoms. The lowest BCUT2D eigenvalue weighted by molar-refractivity contribution is 0.101. The highest BCUT2D eigenvalue weighted by Gasteiger charge is 2.18. The predicted molar refractivity (Wildman–Crippen MR) is 119 cm³/mol. The molecule has 0 unspecified atom stereocenters. The molecule has 0 aliphatic heterocycles. The number of H-pyrrole nitrogens is 1. The summed E-state index contributed by atoms with van der Waals surface area (Å²) in [6.07, 6.45) is 3.32. The molecular weight excluding hydrogens is 468 g/mol. The molecule has 0 saturated carbocycles. The lowest BCUT2D eigenvalue weighted by atomic mass is 10.3. The molecule has 2 N–H and O–H groups in total. The van der Waals surface area contributed by atoms with Crippen molar-refractivity contribution in [1.29, 1.82) is 0 Å². The van der Waals surface area contributed by atoms with Gasteiger partial charge in [0.15, 0.2) is 10.8 Å². The Kier molecular flexibility index (Phi) is 5.55. The molecule has 0 spiro atoms. The highest BCUT2D eigenvalue weighted by Crippen LogP contribution is 2.33. The minimum atomic E-state index is -0.372. The van der Waals surface area contributed by atoms with Gasteiger partial charge in [-0.3, -0.25) is 19.6 Å². The van der Waals surface area contributed by atoms with Crippen molar-refractivity contribution in [2.24, 2.45) is 0 Å². The number of pyridine rings is 2. The second-order valence-electron chi connectivity index (χ2n) is 6.43. The third-order valence-electron chi connectivity index (χ3n) is 4.17. The number of carbonyl (C=O) groups excluding carboxylic acids is 1. The third-order valence-corrected chi connectivity index (χ3v) is 6.76. The molecule has 1 amide bonds. The van der Waals surface area contributed by atoms with Crippen LogP contribution in [0.3, 0.4) is 0 Å². The van der Waals surface area contributed by atoms with E-state index in [-0.39, 0.29) is 11.6 Å². The van der Waals surface area contributed by atoms with E-state index >= 15 is 0 Å². The van der Waals surface area contributed by atoms with Crippen LogP contribution in [0.25, 0.3) is 5.65 Å². The van der Waals surface area contributed by atoms with E-state index in [1.54, 1.807) is 6.92 Å². The van der Waals surface area contributed by atoms with E-state index < -0.39 is 0 Å². The number of carbonyl (C=O) groups is 1. The molecule has 0 aliphatic rings. The van der Waals surface area contributed by atoms with Gasteiger partial charge in [-0.1, -0.05) is 11.8 Å². The van der Waals surface area contributed by atoms with Gasteiger partial charge in [0.1, 0.15) is 28.7 Å². The molecular formula is C18H14N10OS3. The summed E-state index contributed by atoms with van der Waals surface area (Å²) in [6.45, 7) is 3.65. The van der Waals surface area contributed by atoms with E-state index in [0.717, 1.165) is 27.9 Å². The van der Waals surface area contributed by atoms with Crippen molar-refractivity contribution in [3.05, 3.63) is 54.1 Å². The number of fused-ring (bicyclic) bond motifs is 1. The maximum Gasteiger partial charge on any atom is 0.277 e. The Morgan fingerprint density at radius 1 is 1.16 bits per heavy atom. The average Bonchev–Trinajstić information content (AvgIpc) is 3.52. The number of anilines is 1. The second kappa shape index (κ2) is 8.64. The highest BCUT2D eigenvalue weighted by atomic mass is 32.2. The van der Waals surface area contributed by atoms with Crippen molar-refractivity contribution < 1.29 is 4.79 Å². The first kappa shape index (κ1) is 20.5. The van der Waals surface area contributed by atoms with Crippen molar-refractivity contribution in [3.63, 3.8) is 0 Å². The Morgan fingerprint density at radius 3 is 2.84 bits per heavy atom. The van der Waals surface area contributed by atoms with E-state index in [1.165, 1.54) is 29.9 Å². The zero-order valence-electron chi connectivity index (χ0n) is 16.7. The summed E-state index contributed by atoms with van der Waals surface area (Å²) in [6, 6.07) is 7.55. The average molecular weight is 483 g/mol. The molecule has 5 rings (SSSR count). The van der Waals surface area contributed by atoms with Crippen molar-refractivity contribution in [2.45, 2.75) is 33.8 Å². The number of aromatic nitrogens is 9. The summed E-state index contributed by atoms with van der Waals surface area (Å²) in [5.41, 5.74) is 0.998. The molecule has 32 heavy (non-hydrogen) atoms. The molecule has 0 aliphatic carbocycles. The summed E-state index contributed by atoms with van der Waals surface area (Å²) in [5, 5.41) is 19.2. The molecule has 14 heteroatoms. The SMILES string of the molecule is Cc1nsc(NC(=O)c2nc(Sc3ncn[nH]3)ccc2Sc2ccn3c(C)nnc3c2)n1. The summed E-state index contributed by atoms with van der Waals surface area (Å²) in [4.78, 5) is 27.6. The first-order valence-electron chi connectivity index (χ1n) is 9.20. The van der Waals surface area contributed by atoms with Crippen LogP contribution in [-0.2, 0) is 0 Å². The lowest BCUT2D eigenvalue weighted by Gasteiger charge is -2.10. The number of nitrogens with one attached hydrogen (secondary N) is 2. The highest BCUT2D eigenvalue weighted by molar-refractivity contribution is 7.99. The lowest BCUT2D eigenvalue weighted by Crippen LogP contribution is -2.15. The van der Waals surface area contributed by atoms with Gasteiger partial charge in [0.2, 0.25) is 5.13 Å². The van der Waals surface area contributed by atoms with Crippen LogP contribution < -0.4 is 5.32 Å². The van der Waals surface area contributed by atoms with Crippen LogP contribution in [0.15, 0.2) is 56.8 Å². The van der Waals surface area contributed by atoms with Gasteiger partial charge in [0.25, 0.3) is 5.91 Å². The molecule has 0 radical (unpaired) electrons. The Bertz CT molecular complexity index is 1410. The van der Waals surface area contributed by atoms with Gasteiger partial charge in [0.05, 0.1) is 0 Å². The number of hydrogen-bond acceptors (Lipinski definition) is 11. The monoisotopic (exact) mass is 482 g/mol. The molecule has 0 aromatic carbocycles. The van der Waals surface area contributed by atoms with E-state index in [4.69, 9.17) is 0 Å². The maximum atomic E-state index is 13.1. The molecule has 0 atom stereocenters. The smallest absolute Gasteiger partial charge is 0.277 e. The Labute approximate surface area is 193 Å². The Morgan fingerprint density at radius 2 is 2.06 bits per heavy atom. The number of hydrogen-bond donors (Lipinski definition) is 2. The van der Waals surface area contributed by atoms with Gasteiger partial charge in [-0.15, -0.1) is 10.2 Å². The summed E-state index contributed by atoms with van der Waals surface area (Å²) < 4.78 is 6.00. The zero-order chi connectivity index (χ0) is 22.1. The minimum absolute atomic E-state index is 0.268. The predicted octanol–water partition coefficient (Wildman–Crippen LogP) is 3.27. The van der Waals surface area contributed by atoms with Crippen molar-refractivity contribution in [3.8, 4) is 0 Å². The molecule has 0 saturated heterocycles. The Balaban J connectivity index is 1.48. The molecule has 5 aromatic rings. The van der Waals surface area contributed by atoms with Crippen LogP contribution in [0.4, 0.5) is 5.13 Å². The fourth-order valence-corrected chi connectivity index (χ4v) is 4.92. The summed E-state index contributed by atoms with van der Waals surface area (Å²) in [5.74, 6) is 1.03. The fourth-order valence-electron chi connectivity index (χ4n) is 2.76. The number of aryl methyl sites for hydroxylation is 2. The number of aromatic amines is 1. The molecule has 5 heterocycles. The van der Waals surface area contributed by atoms with Gasteiger partial charge in [-0.25, -0.2) is 15.0 Å². The van der Waals surface area contributed by atoms with Gasteiger partial charge in [-0.05, 0) is 49.9 Å². The van der Waals surface area contributed by atoms with Crippen LogP contribution in [0, 0.1) is 13.8 Å². The van der Waals surface area contributed by atoms with Gasteiger partial charge in [0, 0.05) is 27.5 Å². The molecule has 5 aromatic heterocycles. The number of amides is 1. The molecule has 0 fully saturated rings. The number of nitrogens with zero attached hydrogens (tertiary/aromatic N) is 8. The largest absolute Gasteiger partial charge is 0.295 e. The van der Waals surface area contributed by atoms with Crippen molar-refractivity contribution >= 4 is 51.7 Å². The first-order chi connectivity index (χ1) is 15.5. The standard InChI is InChI=1S/C18H14N10OS3/c1-9-21-18(32-27-9)23-16(29)15-12(3-4-14(22-15)31-17-19-8-20-26-17)30-11-5-6-28-10(2)24-25-13(28)7-11/h3-8H,1-2H3,(H,19,20,26)(H,21,23,27,29). The third kappa shape index (κ3) is 4.32. The van der Waals surface area contributed by atoms with Crippen LogP contribution in [0.5, 0.6) is 0 Å². The molecule has 160 valence electrons. The van der Waals surface area contributed by atoms with Crippen molar-refractivity contribution in [1.82, 2.24) is 44.1 Å². The minimum Gasteiger partial charge on any atom is -0.295 e. The number of rotatable bonds is 6. The van der Waals surface area contributed by atoms with Crippen LogP contribution in [-0.4, -0.2) is 50.0 Å². The first-order valence-corrected chi connectivity index (χ1v) is 11.6. The Hall–Kier alpha value is -3.36. The maximum absolute atomic E-state index is 13.1. The van der Waals surface area contributed by atoms with E-state index in [1.807, 2.05) is 41.8 Å². The summed E-state index contributed by atoms with van der Waals surface area (Å²) >= 11 is 3.82. The van der Waals surface area contributed by atoms with E-state index in [9.17, 15) is 4.79 Å². The fraction of sp³-hybridized carbons (Fsp3) is 0.111. The topological polar surface area (TPSA) is 140 Å². The van der Waals surface area contributed by atoms with Gasteiger partial charge >= 0.3 is 0 Å².